The lowest BCUT2D eigenvalue weighted by atomic mass is 10.0. The van der Waals surface area contributed by atoms with Gasteiger partial charge in [0.1, 0.15) is 4.11 Å². The van der Waals surface area contributed by atoms with Gasteiger partial charge in [-0.2, -0.15) is 0 Å². The summed E-state index contributed by atoms with van der Waals surface area (Å²) in [6.07, 6.45) is 34.0. The molecule has 0 aliphatic heterocycles. The second-order valence-electron chi connectivity index (χ2n) is 9.00. The largest absolute Gasteiger partial charge is 0.383 e. The first kappa shape index (κ1) is 31.9. The number of hydrogen-bond acceptors (Lipinski definition) is 1. The zero-order chi connectivity index (χ0) is 20.5. The van der Waals surface area contributed by atoms with Gasteiger partial charge >= 0.3 is 0 Å². The highest BCUT2D eigenvalue weighted by Gasteiger charge is 1.98. The third-order valence-corrected chi connectivity index (χ3v) is 6.67. The molecule has 0 saturated heterocycles. The first-order chi connectivity index (χ1) is 13.8. The van der Waals surface area contributed by atoms with Crippen LogP contribution in [-0.2, 0) is 0 Å². The van der Waals surface area contributed by atoms with E-state index < -0.39 is 0 Å². The van der Waals surface area contributed by atoms with E-state index in [2.05, 4.69) is 29.5 Å². The van der Waals surface area contributed by atoms with Crippen molar-refractivity contribution >= 4 is 22.6 Å². The molecule has 0 aliphatic rings. The minimum Gasteiger partial charge on any atom is -0.383 e. The number of alkyl halides is 1. The molecule has 29 heavy (non-hydrogen) atoms. The third kappa shape index (κ3) is 31.0. The third-order valence-electron chi connectivity index (χ3n) is 6.05. The van der Waals surface area contributed by atoms with E-state index >= 15 is 0 Å². The van der Waals surface area contributed by atoms with Gasteiger partial charge in [-0.05, 0) is 6.42 Å². The van der Waals surface area contributed by atoms with Crippen molar-refractivity contribution in [3.8, 4) is 0 Å². The molecule has 0 aromatic rings. The lowest BCUT2D eigenvalue weighted by molar-refractivity contribution is 0.263. The average molecular weight is 525 g/mol. The van der Waals surface area contributed by atoms with Crippen LogP contribution in [0.2, 0.25) is 0 Å². The fraction of sp³-hybridized carbons (Fsp3) is 1.00. The van der Waals surface area contributed by atoms with Gasteiger partial charge in [-0.15, -0.1) is 0 Å². The maximum absolute atomic E-state index is 9.21. The lowest BCUT2D eigenvalue weighted by Gasteiger charge is -2.04. The summed E-state index contributed by atoms with van der Waals surface area (Å²) in [4.78, 5) is 0. The van der Waals surface area contributed by atoms with Gasteiger partial charge in [-0.1, -0.05) is 185 Å². The molecule has 0 aliphatic carbocycles. The Morgan fingerprint density at radius 2 is 0.655 bits per heavy atom. The maximum Gasteiger partial charge on any atom is 0.105 e. The molecule has 2 heteroatoms. The number of halogens is 1. The van der Waals surface area contributed by atoms with Crippen LogP contribution in [0.4, 0.5) is 0 Å². The van der Waals surface area contributed by atoms with Gasteiger partial charge in [0.25, 0.3) is 0 Å². The van der Waals surface area contributed by atoms with E-state index in [1.54, 1.807) is 0 Å². The van der Waals surface area contributed by atoms with Crippen molar-refractivity contribution in [1.29, 1.82) is 0 Å². The van der Waals surface area contributed by atoms with Crippen LogP contribution in [0.25, 0.3) is 0 Å². The molecule has 0 fully saturated rings. The van der Waals surface area contributed by atoms with Crippen LogP contribution in [0.1, 0.15) is 168 Å². The summed E-state index contributed by atoms with van der Waals surface area (Å²) >= 11 is 2.11. The average Bonchev–Trinajstić information content (AvgIpc) is 2.68. The van der Waals surface area contributed by atoms with Crippen molar-refractivity contribution in [2.75, 3.05) is 0 Å². The number of aliphatic hydroxyl groups is 1. The van der Waals surface area contributed by atoms with E-state index in [1.807, 2.05) is 0 Å². The van der Waals surface area contributed by atoms with Gasteiger partial charge in [0.2, 0.25) is 0 Å². The monoisotopic (exact) mass is 524 g/mol. The van der Waals surface area contributed by atoms with Crippen molar-refractivity contribution in [3.05, 3.63) is 0 Å². The molecule has 0 spiro atoms. The van der Waals surface area contributed by atoms with Crippen LogP contribution in [-0.4, -0.2) is 9.22 Å². The quantitative estimate of drug-likeness (QED) is 0.0756. The highest BCUT2D eigenvalue weighted by Crippen LogP contribution is 2.16. The lowest BCUT2D eigenvalue weighted by Crippen LogP contribution is -1.93. The Balaban J connectivity index is 0. The first-order valence-electron chi connectivity index (χ1n) is 13.1. The summed E-state index contributed by atoms with van der Waals surface area (Å²) < 4.78 is -0.132. The van der Waals surface area contributed by atoms with Crippen LogP contribution in [0.15, 0.2) is 0 Å². The highest BCUT2D eigenvalue weighted by atomic mass is 127. The molecule has 0 aromatic heterocycles. The Labute approximate surface area is 199 Å². The van der Waals surface area contributed by atoms with Gasteiger partial charge in [-0.3, -0.25) is 0 Å². The SMILES string of the molecule is C.CCCCCCCCCCCCCCCCCCCCCCCCCC(O)I. The summed E-state index contributed by atoms with van der Waals surface area (Å²) in [6.45, 7) is 2.30. The summed E-state index contributed by atoms with van der Waals surface area (Å²) in [5.74, 6) is 0. The molecule has 0 rings (SSSR count). The second-order valence-corrected chi connectivity index (χ2v) is 10.4. The first-order valence-corrected chi connectivity index (χ1v) is 14.3. The minimum absolute atomic E-state index is 0. The van der Waals surface area contributed by atoms with Crippen LogP contribution < -0.4 is 0 Å². The smallest absolute Gasteiger partial charge is 0.105 e. The number of hydrogen-bond donors (Lipinski definition) is 1. The van der Waals surface area contributed by atoms with E-state index in [0.29, 0.717) is 0 Å². The van der Waals surface area contributed by atoms with Gasteiger partial charge in [0.15, 0.2) is 0 Å². The topological polar surface area (TPSA) is 20.2 Å². The molecule has 0 heterocycles. The zero-order valence-electron chi connectivity index (χ0n) is 19.4. The molecular formula is C27H57IO. The predicted octanol–water partition coefficient (Wildman–Crippen LogP) is 10.8. The van der Waals surface area contributed by atoms with E-state index in [4.69, 9.17) is 0 Å². The van der Waals surface area contributed by atoms with Crippen molar-refractivity contribution < 1.29 is 5.11 Å². The summed E-state index contributed by atoms with van der Waals surface area (Å²) in [5.41, 5.74) is 0. The summed E-state index contributed by atoms with van der Waals surface area (Å²) in [7, 11) is 0. The molecule has 0 radical (unpaired) electrons. The molecule has 1 N–H and O–H groups in total. The summed E-state index contributed by atoms with van der Waals surface area (Å²) in [5, 5.41) is 9.21. The van der Waals surface area contributed by atoms with E-state index in [-0.39, 0.29) is 11.5 Å². The van der Waals surface area contributed by atoms with Crippen molar-refractivity contribution in [2.24, 2.45) is 0 Å². The van der Waals surface area contributed by atoms with Gasteiger partial charge in [0, 0.05) is 0 Å². The van der Waals surface area contributed by atoms with E-state index in [0.717, 1.165) is 6.42 Å². The van der Waals surface area contributed by atoms with Crippen molar-refractivity contribution in [2.45, 2.75) is 173 Å². The van der Waals surface area contributed by atoms with Crippen LogP contribution >= 0.6 is 22.6 Å². The van der Waals surface area contributed by atoms with Crippen molar-refractivity contribution in [1.82, 2.24) is 0 Å². The molecule has 0 bridgehead atoms. The minimum atomic E-state index is -0.132. The molecule has 1 nitrogen and oxygen atoms in total. The molecule has 178 valence electrons. The standard InChI is InChI=1S/C26H53IO.CH4/c1-2-3-4-5-6-7-8-9-10-11-12-13-14-15-16-17-18-19-20-21-22-23-24-25-26(27)28;/h26,28H,2-25H2,1H3;1H4. The molecule has 0 saturated carbocycles. The van der Waals surface area contributed by atoms with Crippen molar-refractivity contribution in [3.63, 3.8) is 0 Å². The molecule has 0 aromatic carbocycles. The fourth-order valence-corrected chi connectivity index (χ4v) is 4.54. The Morgan fingerprint density at radius 1 is 0.448 bits per heavy atom. The molecule has 1 atom stereocenters. The van der Waals surface area contributed by atoms with E-state index in [1.165, 1.54) is 148 Å². The maximum atomic E-state index is 9.21. The highest BCUT2D eigenvalue weighted by molar-refractivity contribution is 14.1. The Hall–Kier alpha value is 0.690. The number of aliphatic hydroxyl groups excluding tert-OH is 1. The van der Waals surface area contributed by atoms with Gasteiger partial charge in [0.05, 0.1) is 0 Å². The zero-order valence-corrected chi connectivity index (χ0v) is 21.5. The number of rotatable bonds is 24. The predicted molar refractivity (Wildman–Crippen MR) is 143 cm³/mol. The molecule has 1 unspecified atom stereocenters. The van der Waals surface area contributed by atoms with Gasteiger partial charge in [-0.25, -0.2) is 0 Å². The van der Waals surface area contributed by atoms with Gasteiger partial charge < -0.3 is 5.11 Å². The number of unbranched alkanes of at least 4 members (excludes halogenated alkanes) is 22. The van der Waals surface area contributed by atoms with E-state index in [9.17, 15) is 5.11 Å². The molecule has 0 amide bonds. The Kier molecular flexibility index (Phi) is 31.5. The Morgan fingerprint density at radius 3 is 0.862 bits per heavy atom. The van der Waals surface area contributed by atoms with Crippen LogP contribution in [0, 0.1) is 0 Å². The summed E-state index contributed by atoms with van der Waals surface area (Å²) in [6, 6.07) is 0. The van der Waals surface area contributed by atoms with Crippen LogP contribution in [0.3, 0.4) is 0 Å². The normalized spacial score (nSPS) is 12.1. The Bertz CT molecular complexity index is 267. The second kappa shape index (κ2) is 28.7. The fourth-order valence-electron chi connectivity index (χ4n) is 4.10. The van der Waals surface area contributed by atoms with Crippen LogP contribution in [0.5, 0.6) is 0 Å². The molecular weight excluding hydrogens is 467 g/mol.